The smallest absolute Gasteiger partial charge is 0.275 e. The van der Waals surface area contributed by atoms with E-state index >= 15 is 0 Å². The Hall–Kier alpha value is -3.20. The summed E-state index contributed by atoms with van der Waals surface area (Å²) in [5.41, 5.74) is 7.15. The van der Waals surface area contributed by atoms with E-state index in [1.165, 1.54) is 11.3 Å². The van der Waals surface area contributed by atoms with Gasteiger partial charge in [0, 0.05) is 16.0 Å². The summed E-state index contributed by atoms with van der Waals surface area (Å²) in [6, 6.07) is 14.7. The molecule has 4 aromatic rings. The molecule has 2 N–H and O–H groups in total. The molecule has 0 aliphatic heterocycles. The van der Waals surface area contributed by atoms with E-state index < -0.39 is 11.8 Å². The first-order valence-corrected chi connectivity index (χ1v) is 11.4. The summed E-state index contributed by atoms with van der Waals surface area (Å²) in [5.74, 6) is -0.758. The minimum Gasteiger partial charge on any atom is -0.360 e. The summed E-state index contributed by atoms with van der Waals surface area (Å²) in [7, 11) is 0. The largest absolute Gasteiger partial charge is 0.360 e. The Bertz CT molecular complexity index is 1310. The number of hydrazine groups is 1. The molecule has 7 nitrogen and oxygen atoms in total. The fourth-order valence-corrected chi connectivity index (χ4v) is 4.73. The van der Waals surface area contributed by atoms with Gasteiger partial charge in [-0.05, 0) is 26.0 Å². The van der Waals surface area contributed by atoms with Gasteiger partial charge in [-0.2, -0.15) is 0 Å². The summed E-state index contributed by atoms with van der Waals surface area (Å²) in [5, 5.41) is 5.42. The topological polar surface area (TPSA) is 97.1 Å². The number of hydrogen-bond donors (Lipinski definition) is 2. The van der Waals surface area contributed by atoms with Crippen LogP contribution in [0.1, 0.15) is 26.7 Å². The van der Waals surface area contributed by atoms with Crippen molar-refractivity contribution >= 4 is 46.4 Å². The number of benzene rings is 2. The molecule has 2 aromatic heterocycles. The standard InChI is InChI=1S/C23H18Cl2N4O3S/c1-12-19(21(29-32-12)20-15(24)9-6-10-16(20)25)22(31)28-27-18(30)11-17-13(2)33-23(26-17)14-7-4-3-5-8-14/h3-10H,11H2,1-2H3,(H,27,30)(H,28,31). The number of thiazole rings is 1. The van der Waals surface area contributed by atoms with Gasteiger partial charge in [0.2, 0.25) is 5.91 Å². The maximum absolute atomic E-state index is 12.8. The first-order valence-electron chi connectivity index (χ1n) is 9.86. The number of rotatable bonds is 5. The second kappa shape index (κ2) is 9.74. The number of aromatic nitrogens is 2. The van der Waals surface area contributed by atoms with Gasteiger partial charge < -0.3 is 4.52 Å². The lowest BCUT2D eigenvalue weighted by Crippen LogP contribution is -2.42. The molecule has 0 fully saturated rings. The van der Waals surface area contributed by atoms with Crippen LogP contribution in [0.2, 0.25) is 10.0 Å². The zero-order chi connectivity index (χ0) is 23.5. The van der Waals surface area contributed by atoms with Crippen molar-refractivity contribution in [2.45, 2.75) is 20.3 Å². The highest BCUT2D eigenvalue weighted by Gasteiger charge is 2.25. The first-order chi connectivity index (χ1) is 15.8. The van der Waals surface area contributed by atoms with Gasteiger partial charge in [-0.25, -0.2) is 4.98 Å². The average Bonchev–Trinajstić information content (AvgIpc) is 3.35. The molecule has 0 spiro atoms. The van der Waals surface area contributed by atoms with E-state index in [1.807, 2.05) is 37.3 Å². The Balaban J connectivity index is 1.46. The summed E-state index contributed by atoms with van der Waals surface area (Å²) in [4.78, 5) is 30.8. The van der Waals surface area contributed by atoms with Crippen molar-refractivity contribution in [3.05, 3.63) is 80.5 Å². The zero-order valence-corrected chi connectivity index (χ0v) is 19.9. The van der Waals surface area contributed by atoms with Crippen LogP contribution in [-0.2, 0) is 11.2 Å². The van der Waals surface area contributed by atoms with Gasteiger partial charge in [-0.1, -0.05) is 64.8 Å². The van der Waals surface area contributed by atoms with Crippen LogP contribution >= 0.6 is 34.5 Å². The van der Waals surface area contributed by atoms with Gasteiger partial charge in [0.25, 0.3) is 5.91 Å². The number of carbonyl (C=O) groups excluding carboxylic acids is 2. The van der Waals surface area contributed by atoms with Crippen molar-refractivity contribution in [2.24, 2.45) is 0 Å². The van der Waals surface area contributed by atoms with Crippen molar-refractivity contribution in [2.75, 3.05) is 0 Å². The average molecular weight is 501 g/mol. The van der Waals surface area contributed by atoms with Crippen LogP contribution in [0.4, 0.5) is 0 Å². The van der Waals surface area contributed by atoms with E-state index in [9.17, 15) is 9.59 Å². The lowest BCUT2D eigenvalue weighted by molar-refractivity contribution is -0.121. The zero-order valence-electron chi connectivity index (χ0n) is 17.6. The van der Waals surface area contributed by atoms with Gasteiger partial charge in [-0.15, -0.1) is 11.3 Å². The van der Waals surface area contributed by atoms with Crippen molar-refractivity contribution in [3.8, 4) is 21.8 Å². The Labute approximate surface area is 203 Å². The number of nitrogens with zero attached hydrogens (tertiary/aromatic N) is 2. The monoisotopic (exact) mass is 500 g/mol. The van der Waals surface area contributed by atoms with Gasteiger partial charge in [0.05, 0.1) is 22.2 Å². The Morgan fingerprint density at radius 1 is 1.00 bits per heavy atom. The van der Waals surface area contributed by atoms with Crippen molar-refractivity contribution in [1.82, 2.24) is 21.0 Å². The second-order valence-electron chi connectivity index (χ2n) is 7.13. The molecule has 0 unspecified atom stereocenters. The molecule has 2 amide bonds. The molecule has 33 heavy (non-hydrogen) atoms. The second-order valence-corrected chi connectivity index (χ2v) is 9.14. The van der Waals surface area contributed by atoms with Crippen LogP contribution in [0.3, 0.4) is 0 Å². The molecule has 0 aliphatic rings. The van der Waals surface area contributed by atoms with Gasteiger partial charge in [0.1, 0.15) is 22.0 Å². The van der Waals surface area contributed by atoms with Crippen molar-refractivity contribution in [1.29, 1.82) is 0 Å². The number of halogens is 2. The van der Waals surface area contributed by atoms with E-state index in [1.54, 1.807) is 25.1 Å². The van der Waals surface area contributed by atoms with Crippen molar-refractivity contribution < 1.29 is 14.1 Å². The molecule has 0 atom stereocenters. The molecule has 0 radical (unpaired) electrons. The number of carbonyl (C=O) groups is 2. The van der Waals surface area contributed by atoms with E-state index in [0.717, 1.165) is 15.4 Å². The van der Waals surface area contributed by atoms with Crippen LogP contribution < -0.4 is 10.9 Å². The van der Waals surface area contributed by atoms with E-state index in [-0.39, 0.29) is 23.4 Å². The fraction of sp³-hybridized carbons (Fsp3) is 0.130. The normalized spacial score (nSPS) is 10.8. The Kier molecular flexibility index (Phi) is 6.78. The van der Waals surface area contributed by atoms with Crippen LogP contribution in [0.5, 0.6) is 0 Å². The number of aryl methyl sites for hydroxylation is 2. The van der Waals surface area contributed by atoms with Crippen molar-refractivity contribution in [3.63, 3.8) is 0 Å². The molecule has 4 rings (SSSR count). The van der Waals surface area contributed by atoms with Crippen LogP contribution in [0.15, 0.2) is 53.1 Å². The minimum atomic E-state index is -0.604. The fourth-order valence-electron chi connectivity index (χ4n) is 3.22. The molecule has 10 heteroatoms. The molecule has 0 aliphatic carbocycles. The first kappa shape index (κ1) is 23.0. The third-order valence-electron chi connectivity index (χ3n) is 4.85. The summed E-state index contributed by atoms with van der Waals surface area (Å²) in [6.45, 7) is 3.49. The molecule has 0 bridgehead atoms. The maximum Gasteiger partial charge on any atom is 0.275 e. The Morgan fingerprint density at radius 2 is 1.70 bits per heavy atom. The molecule has 168 valence electrons. The maximum atomic E-state index is 12.8. The quantitative estimate of drug-likeness (QED) is 0.358. The lowest BCUT2D eigenvalue weighted by atomic mass is 10.1. The van der Waals surface area contributed by atoms with Gasteiger partial charge >= 0.3 is 0 Å². The highest BCUT2D eigenvalue weighted by atomic mass is 35.5. The number of hydrogen-bond acceptors (Lipinski definition) is 6. The molecular formula is C23H18Cl2N4O3S. The predicted molar refractivity (Wildman–Crippen MR) is 128 cm³/mol. The highest BCUT2D eigenvalue weighted by molar-refractivity contribution is 7.15. The van der Waals surface area contributed by atoms with Crippen LogP contribution in [0, 0.1) is 13.8 Å². The molecular weight excluding hydrogens is 483 g/mol. The third-order valence-corrected chi connectivity index (χ3v) is 6.54. The van der Waals surface area contributed by atoms with Crippen LogP contribution in [-0.4, -0.2) is 22.0 Å². The van der Waals surface area contributed by atoms with Crippen LogP contribution in [0.25, 0.3) is 21.8 Å². The number of amides is 2. The third kappa shape index (κ3) is 4.93. The summed E-state index contributed by atoms with van der Waals surface area (Å²) >= 11 is 14.0. The minimum absolute atomic E-state index is 0.0151. The molecule has 2 heterocycles. The lowest BCUT2D eigenvalue weighted by Gasteiger charge is -2.09. The van der Waals surface area contributed by atoms with Gasteiger partial charge in [-0.3, -0.25) is 20.4 Å². The summed E-state index contributed by atoms with van der Waals surface area (Å²) < 4.78 is 5.19. The molecule has 0 saturated heterocycles. The highest BCUT2D eigenvalue weighted by Crippen LogP contribution is 2.36. The number of nitrogens with one attached hydrogen (secondary N) is 2. The molecule has 0 saturated carbocycles. The summed E-state index contributed by atoms with van der Waals surface area (Å²) in [6.07, 6.45) is 0.0151. The predicted octanol–water partition coefficient (Wildman–Crippen LogP) is 5.39. The van der Waals surface area contributed by atoms with Gasteiger partial charge in [0.15, 0.2) is 0 Å². The molecule has 2 aromatic carbocycles. The van der Waals surface area contributed by atoms with E-state index in [0.29, 0.717) is 21.3 Å². The Morgan fingerprint density at radius 3 is 2.39 bits per heavy atom. The van der Waals surface area contributed by atoms with E-state index in [2.05, 4.69) is 21.0 Å². The SMILES string of the molecule is Cc1onc(-c2c(Cl)cccc2Cl)c1C(=O)NNC(=O)Cc1nc(-c2ccccc2)sc1C. The van der Waals surface area contributed by atoms with E-state index in [4.69, 9.17) is 27.7 Å².